The zero-order valence-electron chi connectivity index (χ0n) is 15.6. The lowest BCUT2D eigenvalue weighted by Gasteiger charge is -2.24. The second-order valence-electron chi connectivity index (χ2n) is 7.78. The topological polar surface area (TPSA) is 90.1 Å². The molecule has 1 aliphatic rings. The summed E-state index contributed by atoms with van der Waals surface area (Å²) in [7, 11) is -1.95. The van der Waals surface area contributed by atoms with Crippen LogP contribution in [-0.2, 0) is 29.0 Å². The molecular weight excluding hydrogens is 354 g/mol. The fourth-order valence-electron chi connectivity index (χ4n) is 3.13. The van der Waals surface area contributed by atoms with Gasteiger partial charge in [-0.1, -0.05) is 20.8 Å². The number of aryl methyl sites for hydroxylation is 1. The molecule has 1 aliphatic heterocycles. The van der Waals surface area contributed by atoms with Gasteiger partial charge in [0, 0.05) is 37.3 Å². The highest BCUT2D eigenvalue weighted by Crippen LogP contribution is 2.26. The van der Waals surface area contributed by atoms with Crippen molar-refractivity contribution < 1.29 is 8.42 Å². The second kappa shape index (κ2) is 6.62. The standard InChI is InChI=1S/C17H25N5O3S/c1-17(2,3)14-7-8-16(23)21(19-14)10-13-6-5-9-22(13)26(24,25)15-11-20(4)12-18-15/h7-8,11-13H,5-6,9-10H2,1-4H3. The average Bonchev–Trinajstić information content (AvgIpc) is 3.18. The summed E-state index contributed by atoms with van der Waals surface area (Å²) in [6.07, 6.45) is 4.41. The number of sulfonamides is 1. The molecule has 2 aromatic heterocycles. The first kappa shape index (κ1) is 18.8. The van der Waals surface area contributed by atoms with Crippen molar-refractivity contribution in [2.24, 2.45) is 7.05 Å². The fraction of sp³-hybridized carbons (Fsp3) is 0.588. The summed E-state index contributed by atoms with van der Waals surface area (Å²) in [6.45, 7) is 6.75. The molecule has 9 heteroatoms. The molecule has 0 spiro atoms. The summed E-state index contributed by atoms with van der Waals surface area (Å²) in [5.74, 6) is 0. The molecule has 0 aliphatic carbocycles. The third kappa shape index (κ3) is 3.59. The van der Waals surface area contributed by atoms with Crippen LogP contribution in [0.3, 0.4) is 0 Å². The molecule has 1 fully saturated rings. The Bertz CT molecular complexity index is 955. The van der Waals surface area contributed by atoms with Gasteiger partial charge in [-0.25, -0.2) is 18.1 Å². The maximum atomic E-state index is 12.9. The number of nitrogens with zero attached hydrogens (tertiary/aromatic N) is 5. The SMILES string of the molecule is Cn1cnc(S(=O)(=O)N2CCCC2Cn2nc(C(C)(C)C)ccc2=O)c1. The molecule has 2 aromatic rings. The normalized spacial score (nSPS) is 19.2. The smallest absolute Gasteiger partial charge is 0.266 e. The number of hydrogen-bond donors (Lipinski definition) is 0. The molecule has 1 saturated heterocycles. The summed E-state index contributed by atoms with van der Waals surface area (Å²) in [5, 5.41) is 4.50. The molecule has 3 heterocycles. The minimum absolute atomic E-state index is 0.0376. The molecule has 1 atom stereocenters. The highest BCUT2D eigenvalue weighted by molar-refractivity contribution is 7.89. The van der Waals surface area contributed by atoms with Gasteiger partial charge in [-0.3, -0.25) is 4.79 Å². The van der Waals surface area contributed by atoms with E-state index in [1.165, 1.54) is 27.6 Å². The van der Waals surface area contributed by atoms with E-state index in [-0.39, 0.29) is 28.6 Å². The van der Waals surface area contributed by atoms with Crippen LogP contribution in [0.4, 0.5) is 0 Å². The van der Waals surface area contributed by atoms with Crippen LogP contribution in [0.15, 0.2) is 34.5 Å². The summed E-state index contributed by atoms with van der Waals surface area (Å²) in [5.41, 5.74) is 0.388. The van der Waals surface area contributed by atoms with Crippen LogP contribution in [0, 0.1) is 0 Å². The predicted octanol–water partition coefficient (Wildman–Crippen LogP) is 1.13. The van der Waals surface area contributed by atoms with E-state index in [9.17, 15) is 13.2 Å². The first-order valence-corrected chi connectivity index (χ1v) is 10.1. The lowest BCUT2D eigenvalue weighted by atomic mass is 9.92. The van der Waals surface area contributed by atoms with Crippen LogP contribution in [-0.4, -0.2) is 44.6 Å². The summed E-state index contributed by atoms with van der Waals surface area (Å²) < 4.78 is 30.2. The van der Waals surface area contributed by atoms with Gasteiger partial charge in [0.25, 0.3) is 15.6 Å². The van der Waals surface area contributed by atoms with E-state index in [0.29, 0.717) is 13.0 Å². The van der Waals surface area contributed by atoms with Gasteiger partial charge in [0.1, 0.15) is 0 Å². The van der Waals surface area contributed by atoms with Crippen molar-refractivity contribution in [2.45, 2.75) is 56.6 Å². The van der Waals surface area contributed by atoms with Crippen LogP contribution < -0.4 is 5.56 Å². The van der Waals surface area contributed by atoms with Crippen molar-refractivity contribution in [3.63, 3.8) is 0 Å². The van der Waals surface area contributed by atoms with Gasteiger partial charge in [-0.15, -0.1) is 0 Å². The van der Waals surface area contributed by atoms with Gasteiger partial charge in [0.15, 0.2) is 5.03 Å². The van der Waals surface area contributed by atoms with E-state index in [1.807, 2.05) is 20.8 Å². The lowest BCUT2D eigenvalue weighted by molar-refractivity contribution is 0.330. The van der Waals surface area contributed by atoms with E-state index >= 15 is 0 Å². The Morgan fingerprint density at radius 2 is 2.00 bits per heavy atom. The highest BCUT2D eigenvalue weighted by atomic mass is 32.2. The maximum Gasteiger partial charge on any atom is 0.266 e. The molecule has 0 aromatic carbocycles. The van der Waals surface area contributed by atoms with E-state index < -0.39 is 10.0 Å². The third-order valence-electron chi connectivity index (χ3n) is 4.60. The van der Waals surface area contributed by atoms with Gasteiger partial charge in [0.05, 0.1) is 18.6 Å². The Balaban J connectivity index is 1.89. The molecule has 0 saturated carbocycles. The molecule has 3 rings (SSSR count). The highest BCUT2D eigenvalue weighted by Gasteiger charge is 2.37. The monoisotopic (exact) mass is 379 g/mol. The molecule has 0 amide bonds. The molecule has 8 nitrogen and oxygen atoms in total. The minimum atomic E-state index is -3.68. The van der Waals surface area contributed by atoms with Crippen molar-refractivity contribution in [3.8, 4) is 0 Å². The van der Waals surface area contributed by atoms with Gasteiger partial charge in [-0.2, -0.15) is 9.40 Å². The van der Waals surface area contributed by atoms with Crippen LogP contribution in [0.25, 0.3) is 0 Å². The van der Waals surface area contributed by atoms with Gasteiger partial charge >= 0.3 is 0 Å². The maximum absolute atomic E-state index is 12.9. The van der Waals surface area contributed by atoms with Crippen LogP contribution >= 0.6 is 0 Å². The largest absolute Gasteiger partial charge is 0.339 e. The van der Waals surface area contributed by atoms with E-state index in [0.717, 1.165) is 12.1 Å². The molecule has 0 bridgehead atoms. The van der Waals surface area contributed by atoms with Crippen molar-refractivity contribution in [1.29, 1.82) is 0 Å². The van der Waals surface area contributed by atoms with Crippen molar-refractivity contribution in [2.75, 3.05) is 6.54 Å². The molecule has 26 heavy (non-hydrogen) atoms. The Morgan fingerprint density at radius 1 is 1.27 bits per heavy atom. The van der Waals surface area contributed by atoms with Gasteiger partial charge < -0.3 is 4.57 Å². The zero-order chi connectivity index (χ0) is 19.1. The summed E-state index contributed by atoms with van der Waals surface area (Å²) in [4.78, 5) is 16.2. The predicted molar refractivity (Wildman–Crippen MR) is 97.3 cm³/mol. The van der Waals surface area contributed by atoms with Crippen molar-refractivity contribution in [3.05, 3.63) is 40.7 Å². The molecule has 1 unspecified atom stereocenters. The van der Waals surface area contributed by atoms with Gasteiger partial charge in [0.2, 0.25) is 0 Å². The van der Waals surface area contributed by atoms with E-state index in [4.69, 9.17) is 0 Å². The Hall–Kier alpha value is -2.00. The Morgan fingerprint density at radius 3 is 2.62 bits per heavy atom. The first-order chi connectivity index (χ1) is 12.1. The van der Waals surface area contributed by atoms with Crippen LogP contribution in [0.5, 0.6) is 0 Å². The lowest BCUT2D eigenvalue weighted by Crippen LogP contribution is -2.41. The number of aromatic nitrogens is 4. The Labute approximate surface area is 153 Å². The quantitative estimate of drug-likeness (QED) is 0.794. The third-order valence-corrected chi connectivity index (χ3v) is 6.43. The molecular formula is C17H25N5O3S. The fourth-order valence-corrected chi connectivity index (χ4v) is 4.78. The molecule has 0 radical (unpaired) electrons. The van der Waals surface area contributed by atoms with Crippen molar-refractivity contribution in [1.82, 2.24) is 23.6 Å². The number of rotatable bonds is 4. The average molecular weight is 379 g/mol. The summed E-state index contributed by atoms with van der Waals surface area (Å²) >= 11 is 0. The van der Waals surface area contributed by atoms with E-state index in [1.54, 1.807) is 17.7 Å². The minimum Gasteiger partial charge on any atom is -0.339 e. The second-order valence-corrected chi connectivity index (χ2v) is 9.62. The van der Waals surface area contributed by atoms with Crippen LogP contribution in [0.2, 0.25) is 0 Å². The summed E-state index contributed by atoms with van der Waals surface area (Å²) in [6, 6.07) is 2.93. The van der Waals surface area contributed by atoms with E-state index in [2.05, 4.69) is 10.1 Å². The van der Waals surface area contributed by atoms with Gasteiger partial charge in [-0.05, 0) is 18.9 Å². The number of imidazole rings is 1. The number of hydrogen-bond acceptors (Lipinski definition) is 5. The van der Waals surface area contributed by atoms with Crippen LogP contribution in [0.1, 0.15) is 39.3 Å². The zero-order valence-corrected chi connectivity index (χ0v) is 16.4. The first-order valence-electron chi connectivity index (χ1n) is 8.67. The molecule has 142 valence electrons. The van der Waals surface area contributed by atoms with Crippen molar-refractivity contribution >= 4 is 10.0 Å². The molecule has 0 N–H and O–H groups in total. The Kier molecular flexibility index (Phi) is 4.78.